The van der Waals surface area contributed by atoms with Crippen LogP contribution in [0.5, 0.6) is 0 Å². The van der Waals surface area contributed by atoms with Gasteiger partial charge in [-0.05, 0) is 29.7 Å². The van der Waals surface area contributed by atoms with Crippen molar-refractivity contribution < 1.29 is 9.59 Å². The lowest BCUT2D eigenvalue weighted by molar-refractivity contribution is -0.137. The molecule has 7 heteroatoms. The number of halogens is 2. The third-order valence-corrected chi connectivity index (χ3v) is 5.59. The van der Waals surface area contributed by atoms with Crippen LogP contribution >= 0.6 is 23.2 Å². The van der Waals surface area contributed by atoms with Gasteiger partial charge in [-0.2, -0.15) is 0 Å². The number of hydrogen-bond donors (Lipinski definition) is 2. The van der Waals surface area contributed by atoms with E-state index in [1.165, 1.54) is 6.92 Å². The summed E-state index contributed by atoms with van der Waals surface area (Å²) in [5, 5.41) is 7.50. The average molecular weight is 434 g/mol. The minimum Gasteiger partial charge on any atom is -0.344 e. The largest absolute Gasteiger partial charge is 0.344 e. The van der Waals surface area contributed by atoms with E-state index in [4.69, 9.17) is 23.2 Å². The van der Waals surface area contributed by atoms with Gasteiger partial charge >= 0.3 is 0 Å². The topological polar surface area (TPSA) is 61.4 Å². The van der Waals surface area contributed by atoms with Crippen LogP contribution in [0, 0.1) is 0 Å². The van der Waals surface area contributed by atoms with Gasteiger partial charge in [0.25, 0.3) is 0 Å². The Kier molecular flexibility index (Phi) is 7.53. The molecule has 1 fully saturated rings. The van der Waals surface area contributed by atoms with Gasteiger partial charge in [0.05, 0.1) is 0 Å². The molecule has 0 bridgehead atoms. The van der Waals surface area contributed by atoms with Crippen LogP contribution in [0.4, 0.5) is 0 Å². The highest BCUT2D eigenvalue weighted by Crippen LogP contribution is 2.23. The summed E-state index contributed by atoms with van der Waals surface area (Å²) in [6.07, 6.45) is 1.17. The molecule has 2 aromatic rings. The molecule has 154 valence electrons. The maximum absolute atomic E-state index is 13.2. The van der Waals surface area contributed by atoms with Crippen LogP contribution in [0.15, 0.2) is 48.5 Å². The minimum atomic E-state index is -0.576. The van der Waals surface area contributed by atoms with Crippen LogP contribution in [0.3, 0.4) is 0 Å². The second kappa shape index (κ2) is 10.1. The fourth-order valence-corrected chi connectivity index (χ4v) is 4.12. The molecule has 5 nitrogen and oxygen atoms in total. The molecule has 2 N–H and O–H groups in total. The van der Waals surface area contributed by atoms with Crippen molar-refractivity contribution in [2.45, 2.75) is 31.8 Å². The van der Waals surface area contributed by atoms with E-state index in [0.717, 1.165) is 11.1 Å². The van der Waals surface area contributed by atoms with Gasteiger partial charge in [-0.1, -0.05) is 59.6 Å². The molecule has 1 aliphatic rings. The lowest BCUT2D eigenvalue weighted by Gasteiger charge is -2.36. The van der Waals surface area contributed by atoms with Crippen molar-refractivity contribution in [3.63, 3.8) is 0 Å². The summed E-state index contributed by atoms with van der Waals surface area (Å²) in [4.78, 5) is 26.7. The van der Waals surface area contributed by atoms with Crippen molar-refractivity contribution in [3.8, 4) is 0 Å². The van der Waals surface area contributed by atoms with E-state index in [-0.39, 0.29) is 17.9 Å². The molecule has 2 aromatic carbocycles. The molecule has 0 aromatic heterocycles. The zero-order chi connectivity index (χ0) is 20.8. The standard InChI is InChI=1S/C22H25Cl2N3O2/c1-15(28)26-21(11-16-5-3-2-4-6-16)22(29)27-10-9-25-19(14-27)12-17-7-8-18(23)13-20(17)24/h2-8,13,19,21,25H,9-12,14H2,1H3,(H,26,28). The molecule has 0 aliphatic carbocycles. The van der Waals surface area contributed by atoms with Crippen LogP contribution in [-0.2, 0) is 22.4 Å². The lowest BCUT2D eigenvalue weighted by atomic mass is 10.0. The molecule has 29 heavy (non-hydrogen) atoms. The van der Waals surface area contributed by atoms with Crippen molar-refractivity contribution in [1.82, 2.24) is 15.5 Å². The van der Waals surface area contributed by atoms with E-state index in [1.54, 1.807) is 6.07 Å². The monoisotopic (exact) mass is 433 g/mol. The second-order valence-electron chi connectivity index (χ2n) is 7.32. The van der Waals surface area contributed by atoms with Crippen LogP contribution in [0.25, 0.3) is 0 Å². The number of piperazine rings is 1. The number of rotatable bonds is 6. The number of nitrogens with zero attached hydrogens (tertiary/aromatic N) is 1. The fourth-order valence-electron chi connectivity index (χ4n) is 3.63. The molecule has 2 unspecified atom stereocenters. The van der Waals surface area contributed by atoms with E-state index in [1.807, 2.05) is 47.4 Å². The van der Waals surface area contributed by atoms with Crippen LogP contribution in [-0.4, -0.2) is 48.4 Å². The van der Waals surface area contributed by atoms with E-state index in [0.29, 0.717) is 42.5 Å². The van der Waals surface area contributed by atoms with Crippen molar-refractivity contribution in [3.05, 3.63) is 69.7 Å². The zero-order valence-electron chi connectivity index (χ0n) is 16.3. The number of benzene rings is 2. The summed E-state index contributed by atoms with van der Waals surface area (Å²) in [6.45, 7) is 3.30. The predicted octanol–water partition coefficient (Wildman–Crippen LogP) is 3.08. The first-order valence-corrected chi connectivity index (χ1v) is 10.4. The fraction of sp³-hybridized carbons (Fsp3) is 0.364. The summed E-state index contributed by atoms with van der Waals surface area (Å²) in [5.41, 5.74) is 2.00. The summed E-state index contributed by atoms with van der Waals surface area (Å²) >= 11 is 12.3. The molecular weight excluding hydrogens is 409 g/mol. The number of carbonyl (C=O) groups is 2. The second-order valence-corrected chi connectivity index (χ2v) is 8.16. The Morgan fingerprint density at radius 1 is 1.21 bits per heavy atom. The first-order valence-electron chi connectivity index (χ1n) is 9.69. The lowest BCUT2D eigenvalue weighted by Crippen LogP contribution is -2.58. The first kappa shape index (κ1) is 21.6. The van der Waals surface area contributed by atoms with E-state index in [9.17, 15) is 9.59 Å². The van der Waals surface area contributed by atoms with Gasteiger partial charge in [0.2, 0.25) is 11.8 Å². The van der Waals surface area contributed by atoms with E-state index >= 15 is 0 Å². The summed E-state index contributed by atoms with van der Waals surface area (Å²) in [6, 6.07) is 14.7. The average Bonchev–Trinajstić information content (AvgIpc) is 2.70. The molecule has 0 saturated carbocycles. The number of hydrogen-bond acceptors (Lipinski definition) is 3. The smallest absolute Gasteiger partial charge is 0.245 e. The maximum Gasteiger partial charge on any atom is 0.245 e. The maximum atomic E-state index is 13.2. The first-order chi connectivity index (χ1) is 13.9. The molecule has 0 spiro atoms. The van der Waals surface area contributed by atoms with Crippen molar-refractivity contribution >= 4 is 35.0 Å². The van der Waals surface area contributed by atoms with Gasteiger partial charge in [0.1, 0.15) is 6.04 Å². The van der Waals surface area contributed by atoms with Crippen LogP contribution in [0.2, 0.25) is 10.0 Å². The molecule has 3 rings (SSSR count). The molecule has 2 amide bonds. The van der Waals surface area contributed by atoms with Crippen LogP contribution < -0.4 is 10.6 Å². The predicted molar refractivity (Wildman–Crippen MR) is 116 cm³/mol. The Bertz CT molecular complexity index is 860. The molecule has 0 radical (unpaired) electrons. The Morgan fingerprint density at radius 3 is 2.66 bits per heavy atom. The van der Waals surface area contributed by atoms with Gasteiger partial charge in [-0.15, -0.1) is 0 Å². The van der Waals surface area contributed by atoms with Crippen molar-refractivity contribution in [2.75, 3.05) is 19.6 Å². The summed E-state index contributed by atoms with van der Waals surface area (Å²) in [7, 11) is 0. The molecule has 2 atom stereocenters. The van der Waals surface area contributed by atoms with Crippen LogP contribution in [0.1, 0.15) is 18.1 Å². The Labute approximate surface area is 181 Å². The molecule has 1 saturated heterocycles. The zero-order valence-corrected chi connectivity index (χ0v) is 17.8. The third-order valence-electron chi connectivity index (χ3n) is 5.01. The highest BCUT2D eigenvalue weighted by atomic mass is 35.5. The Balaban J connectivity index is 1.68. The summed E-state index contributed by atoms with van der Waals surface area (Å²) < 4.78 is 0. The number of amides is 2. The molecule has 1 aliphatic heterocycles. The summed E-state index contributed by atoms with van der Waals surface area (Å²) in [5.74, 6) is -0.267. The number of nitrogens with one attached hydrogen (secondary N) is 2. The van der Waals surface area contributed by atoms with Gasteiger partial charge in [0, 0.05) is 49.1 Å². The van der Waals surface area contributed by atoms with Gasteiger partial charge < -0.3 is 15.5 Å². The van der Waals surface area contributed by atoms with E-state index < -0.39 is 6.04 Å². The highest BCUT2D eigenvalue weighted by molar-refractivity contribution is 6.35. The van der Waals surface area contributed by atoms with Gasteiger partial charge in [0.15, 0.2) is 0 Å². The van der Waals surface area contributed by atoms with E-state index in [2.05, 4.69) is 10.6 Å². The van der Waals surface area contributed by atoms with Gasteiger partial charge in [-0.3, -0.25) is 9.59 Å². The van der Waals surface area contributed by atoms with Crippen molar-refractivity contribution in [1.29, 1.82) is 0 Å². The molecular formula is C22H25Cl2N3O2. The molecule has 1 heterocycles. The minimum absolute atomic E-state index is 0.0576. The Morgan fingerprint density at radius 2 is 1.97 bits per heavy atom. The van der Waals surface area contributed by atoms with Crippen molar-refractivity contribution in [2.24, 2.45) is 0 Å². The van der Waals surface area contributed by atoms with Gasteiger partial charge in [-0.25, -0.2) is 0 Å². The number of carbonyl (C=O) groups excluding carboxylic acids is 2. The SMILES string of the molecule is CC(=O)NC(Cc1ccccc1)C(=O)N1CCNC(Cc2ccc(Cl)cc2Cl)C1. The quantitative estimate of drug-likeness (QED) is 0.735. The normalized spacial score (nSPS) is 17.6. The highest BCUT2D eigenvalue weighted by Gasteiger charge is 2.29. The third kappa shape index (κ3) is 6.20. The Hall–Kier alpha value is -2.08.